The van der Waals surface area contributed by atoms with Gasteiger partial charge in [-0.05, 0) is 43.2 Å². The zero-order valence-corrected chi connectivity index (χ0v) is 16.9. The molecule has 1 aromatic heterocycles. The molecule has 0 spiro atoms. The maximum absolute atomic E-state index is 13.9. The second kappa shape index (κ2) is 8.37. The SMILES string of the molecule is O=C(c1ccn(-c2ccccc2F)n1)N1CCC(NS(=O)(=O)c2ccccc2)CC1. The minimum absolute atomic E-state index is 0.224. The fraction of sp³-hybridized carbons (Fsp3) is 0.238. The zero-order valence-electron chi connectivity index (χ0n) is 16.1. The number of likely N-dealkylation sites (tertiary alicyclic amines) is 1. The van der Waals surface area contributed by atoms with Gasteiger partial charge in [-0.3, -0.25) is 4.79 Å². The van der Waals surface area contributed by atoms with E-state index in [1.165, 1.54) is 10.7 Å². The van der Waals surface area contributed by atoms with Crippen LogP contribution in [0.5, 0.6) is 0 Å². The number of sulfonamides is 1. The molecular formula is C21H21FN4O3S. The monoisotopic (exact) mass is 428 g/mol. The van der Waals surface area contributed by atoms with E-state index in [0.29, 0.717) is 25.9 Å². The highest BCUT2D eigenvalue weighted by atomic mass is 32.2. The van der Waals surface area contributed by atoms with Crippen molar-refractivity contribution in [2.24, 2.45) is 0 Å². The number of amides is 1. The molecule has 1 aliphatic rings. The Morgan fingerprint density at radius 1 is 1.00 bits per heavy atom. The molecule has 1 fully saturated rings. The second-order valence-electron chi connectivity index (χ2n) is 7.10. The van der Waals surface area contributed by atoms with Gasteiger partial charge in [0.15, 0.2) is 5.69 Å². The van der Waals surface area contributed by atoms with Crippen LogP contribution in [0, 0.1) is 5.82 Å². The van der Waals surface area contributed by atoms with Crippen LogP contribution in [0.2, 0.25) is 0 Å². The highest BCUT2D eigenvalue weighted by Crippen LogP contribution is 2.18. The van der Waals surface area contributed by atoms with Crippen molar-refractivity contribution in [2.75, 3.05) is 13.1 Å². The Hall–Kier alpha value is -3.04. The summed E-state index contributed by atoms with van der Waals surface area (Å²) in [4.78, 5) is 14.6. The van der Waals surface area contributed by atoms with Gasteiger partial charge < -0.3 is 4.90 Å². The first-order valence-electron chi connectivity index (χ1n) is 9.61. The van der Waals surface area contributed by atoms with E-state index in [4.69, 9.17) is 0 Å². The van der Waals surface area contributed by atoms with Crippen molar-refractivity contribution in [1.82, 2.24) is 19.4 Å². The Morgan fingerprint density at radius 3 is 2.37 bits per heavy atom. The molecule has 30 heavy (non-hydrogen) atoms. The number of halogens is 1. The van der Waals surface area contributed by atoms with Crippen LogP contribution in [-0.2, 0) is 10.0 Å². The number of aromatic nitrogens is 2. The summed E-state index contributed by atoms with van der Waals surface area (Å²) in [5, 5.41) is 4.21. The summed E-state index contributed by atoms with van der Waals surface area (Å²) in [7, 11) is -3.59. The molecule has 7 nitrogen and oxygen atoms in total. The summed E-state index contributed by atoms with van der Waals surface area (Å²) in [6, 6.07) is 15.7. The number of nitrogens with zero attached hydrogens (tertiary/aromatic N) is 3. The molecule has 2 heterocycles. The molecule has 1 saturated heterocycles. The third-order valence-corrected chi connectivity index (χ3v) is 6.60. The number of carbonyl (C=O) groups excluding carboxylic acids is 1. The van der Waals surface area contributed by atoms with E-state index in [1.54, 1.807) is 65.7 Å². The van der Waals surface area contributed by atoms with Crippen LogP contribution in [0.4, 0.5) is 4.39 Å². The van der Waals surface area contributed by atoms with Crippen LogP contribution in [0.1, 0.15) is 23.3 Å². The fourth-order valence-corrected chi connectivity index (χ4v) is 4.79. The van der Waals surface area contributed by atoms with E-state index in [-0.39, 0.29) is 28.2 Å². The van der Waals surface area contributed by atoms with Crippen LogP contribution in [0.25, 0.3) is 5.69 Å². The van der Waals surface area contributed by atoms with Gasteiger partial charge in [0.2, 0.25) is 10.0 Å². The second-order valence-corrected chi connectivity index (χ2v) is 8.81. The molecule has 1 aliphatic heterocycles. The van der Waals surface area contributed by atoms with Gasteiger partial charge in [-0.15, -0.1) is 0 Å². The van der Waals surface area contributed by atoms with Crippen molar-refractivity contribution in [1.29, 1.82) is 0 Å². The average molecular weight is 428 g/mol. The number of piperidine rings is 1. The molecule has 0 bridgehead atoms. The molecule has 0 radical (unpaired) electrons. The maximum atomic E-state index is 13.9. The Kier molecular flexibility index (Phi) is 5.65. The molecule has 2 aromatic carbocycles. The maximum Gasteiger partial charge on any atom is 0.274 e. The standard InChI is InChI=1S/C21H21FN4O3S/c22-18-8-4-5-9-20(18)26-15-12-19(23-26)21(27)25-13-10-16(11-14-25)24-30(28,29)17-6-2-1-3-7-17/h1-9,12,15-16,24H,10-11,13-14H2. The summed E-state index contributed by atoms with van der Waals surface area (Å²) in [5.74, 6) is -0.680. The zero-order chi connectivity index (χ0) is 21.1. The number of hydrogen-bond acceptors (Lipinski definition) is 4. The normalized spacial score (nSPS) is 15.3. The predicted octanol–water partition coefficient (Wildman–Crippen LogP) is 2.59. The van der Waals surface area contributed by atoms with E-state index >= 15 is 0 Å². The molecule has 4 rings (SSSR count). The largest absolute Gasteiger partial charge is 0.337 e. The third-order valence-electron chi connectivity index (χ3n) is 5.06. The summed E-state index contributed by atoms with van der Waals surface area (Å²) < 4.78 is 42.9. The van der Waals surface area contributed by atoms with Crippen molar-refractivity contribution in [3.8, 4) is 5.69 Å². The number of benzene rings is 2. The molecule has 3 aromatic rings. The minimum Gasteiger partial charge on any atom is -0.337 e. The van der Waals surface area contributed by atoms with Crippen LogP contribution in [-0.4, -0.2) is 48.1 Å². The Bertz CT molecular complexity index is 1140. The van der Waals surface area contributed by atoms with Gasteiger partial charge in [-0.25, -0.2) is 22.2 Å². The molecule has 0 saturated carbocycles. The Balaban J connectivity index is 1.38. The van der Waals surface area contributed by atoms with Crippen molar-refractivity contribution in [3.05, 3.63) is 78.4 Å². The van der Waals surface area contributed by atoms with Crippen LogP contribution in [0.3, 0.4) is 0 Å². The number of carbonyl (C=O) groups is 1. The Morgan fingerprint density at radius 2 is 1.67 bits per heavy atom. The van der Waals surface area contributed by atoms with Crippen molar-refractivity contribution >= 4 is 15.9 Å². The quantitative estimate of drug-likeness (QED) is 0.677. The highest BCUT2D eigenvalue weighted by Gasteiger charge is 2.28. The molecule has 0 unspecified atom stereocenters. The summed E-state index contributed by atoms with van der Waals surface area (Å²) >= 11 is 0. The highest BCUT2D eigenvalue weighted by molar-refractivity contribution is 7.89. The summed E-state index contributed by atoms with van der Waals surface area (Å²) in [6.07, 6.45) is 2.56. The topological polar surface area (TPSA) is 84.3 Å². The summed E-state index contributed by atoms with van der Waals surface area (Å²) in [5.41, 5.74) is 0.493. The number of para-hydroxylation sites is 1. The first-order chi connectivity index (χ1) is 14.4. The first kappa shape index (κ1) is 20.2. The summed E-state index contributed by atoms with van der Waals surface area (Å²) in [6.45, 7) is 0.820. The van der Waals surface area contributed by atoms with Crippen molar-refractivity contribution in [2.45, 2.75) is 23.8 Å². The lowest BCUT2D eigenvalue weighted by molar-refractivity contribution is 0.0705. The van der Waals surface area contributed by atoms with Crippen molar-refractivity contribution < 1.29 is 17.6 Å². The van der Waals surface area contributed by atoms with Gasteiger partial charge >= 0.3 is 0 Å². The first-order valence-corrected chi connectivity index (χ1v) is 11.1. The van der Waals surface area contributed by atoms with Gasteiger partial charge in [0.05, 0.1) is 4.90 Å². The molecule has 9 heteroatoms. The third kappa shape index (κ3) is 4.27. The predicted molar refractivity (Wildman–Crippen MR) is 109 cm³/mol. The lowest BCUT2D eigenvalue weighted by atomic mass is 10.1. The lowest BCUT2D eigenvalue weighted by Gasteiger charge is -2.31. The average Bonchev–Trinajstić information content (AvgIpc) is 3.24. The molecule has 0 aliphatic carbocycles. The molecule has 0 atom stereocenters. The van der Waals surface area contributed by atoms with E-state index in [1.807, 2.05) is 0 Å². The van der Waals surface area contributed by atoms with Crippen LogP contribution < -0.4 is 4.72 Å². The number of rotatable bonds is 5. The minimum atomic E-state index is -3.59. The molecule has 156 valence electrons. The van der Waals surface area contributed by atoms with Gasteiger partial charge in [0.25, 0.3) is 5.91 Å². The number of hydrogen-bond donors (Lipinski definition) is 1. The van der Waals surface area contributed by atoms with Crippen LogP contribution >= 0.6 is 0 Å². The van der Waals surface area contributed by atoms with Crippen molar-refractivity contribution in [3.63, 3.8) is 0 Å². The van der Waals surface area contributed by atoms with E-state index < -0.39 is 15.8 Å². The lowest BCUT2D eigenvalue weighted by Crippen LogP contribution is -2.46. The van der Waals surface area contributed by atoms with E-state index in [0.717, 1.165) is 0 Å². The van der Waals surface area contributed by atoms with Crippen LogP contribution in [0.15, 0.2) is 71.8 Å². The molecule has 1 amide bonds. The fourth-order valence-electron chi connectivity index (χ4n) is 3.46. The van der Waals surface area contributed by atoms with Gasteiger partial charge in [-0.1, -0.05) is 30.3 Å². The smallest absolute Gasteiger partial charge is 0.274 e. The molecule has 1 N–H and O–H groups in total. The molecular weight excluding hydrogens is 407 g/mol. The van der Waals surface area contributed by atoms with Gasteiger partial charge in [-0.2, -0.15) is 5.10 Å². The van der Waals surface area contributed by atoms with E-state index in [2.05, 4.69) is 9.82 Å². The van der Waals surface area contributed by atoms with E-state index in [9.17, 15) is 17.6 Å². The van der Waals surface area contributed by atoms with Gasteiger partial charge in [0.1, 0.15) is 11.5 Å². The van der Waals surface area contributed by atoms with Gasteiger partial charge in [0, 0.05) is 25.3 Å². The Labute approximate surface area is 174 Å². The number of nitrogens with one attached hydrogen (secondary N) is 1.